The van der Waals surface area contributed by atoms with Gasteiger partial charge < -0.3 is 124 Å². The fraction of sp³-hybridized carbons (Fsp3) is 0.234. The Kier molecular flexibility index (Phi) is 31.7. The van der Waals surface area contributed by atoms with E-state index in [1.54, 1.807) is 11.3 Å². The molecule has 12 aromatic heterocycles. The largest absolute Gasteiger partial charge is 1.00 e. The Morgan fingerprint density at radius 2 is 0.830 bits per heavy atom. The van der Waals surface area contributed by atoms with Gasteiger partial charge in [0.15, 0.2) is 35.2 Å². The van der Waals surface area contributed by atoms with Crippen LogP contribution in [0, 0.1) is 41.5 Å². The lowest BCUT2D eigenvalue weighted by atomic mass is 10.1. The molecule has 0 spiro atoms. The van der Waals surface area contributed by atoms with Gasteiger partial charge in [0, 0.05) is 202 Å². The number of para-hydroxylation sites is 7. The van der Waals surface area contributed by atoms with Crippen molar-refractivity contribution in [3.63, 3.8) is 0 Å². The van der Waals surface area contributed by atoms with Crippen molar-refractivity contribution in [3.8, 4) is 5.75 Å². The number of aryl methyl sites for hydroxylation is 13. The van der Waals surface area contributed by atoms with E-state index in [2.05, 4.69) is 189 Å². The van der Waals surface area contributed by atoms with Crippen molar-refractivity contribution in [2.24, 2.45) is 35.2 Å². The fourth-order valence-electron chi connectivity index (χ4n) is 19.6. The first-order valence-electron chi connectivity index (χ1n) is 47.3. The second kappa shape index (κ2) is 43.7. The van der Waals surface area contributed by atoms with E-state index in [1.165, 1.54) is 64.4 Å². The number of carbonyl (C=O) groups is 1. The summed E-state index contributed by atoms with van der Waals surface area (Å²) in [7, 11) is -1.79. The van der Waals surface area contributed by atoms with Gasteiger partial charge in [-0.1, -0.05) is 146 Å². The Morgan fingerprint density at radius 1 is 0.381 bits per heavy atom. The van der Waals surface area contributed by atoms with Crippen LogP contribution in [0.5, 0.6) is 5.75 Å². The Bertz CT molecular complexity index is 9720. The molecule has 0 aliphatic heterocycles. The summed E-state index contributed by atoms with van der Waals surface area (Å²) in [4.78, 5) is 10.7. The highest BCUT2D eigenvalue weighted by Gasteiger charge is 2.30. The number of nitrogens with zero attached hydrogens (tertiary/aromatic N) is 10. The van der Waals surface area contributed by atoms with Gasteiger partial charge in [-0.25, -0.2) is 35.1 Å². The van der Waals surface area contributed by atoms with Gasteiger partial charge in [0.25, 0.3) is 38.3 Å². The third-order valence-electron chi connectivity index (χ3n) is 26.9. The summed E-state index contributed by atoms with van der Waals surface area (Å²) < 4.78 is 162. The smallest absolute Gasteiger partial charge is 0.344 e. The number of hydrogen-bond acceptors (Lipinski definition) is 18. The van der Waals surface area contributed by atoms with Crippen LogP contribution in [0.4, 0.5) is 0 Å². The van der Waals surface area contributed by atoms with Crippen molar-refractivity contribution in [3.05, 3.63) is 283 Å². The molecule has 0 aliphatic carbocycles. The zero-order valence-electron chi connectivity index (χ0n) is 82.9. The highest BCUT2D eigenvalue weighted by molar-refractivity contribution is 7.86. The molecule has 36 heteroatoms. The number of aliphatic carboxylic acids is 1. The maximum absolute atomic E-state index is 11.2. The molecular formula is C111H108BrI2N10O19S4+. The molecule has 0 fully saturated rings. The lowest BCUT2D eigenvalue weighted by Crippen LogP contribution is -3.00. The summed E-state index contributed by atoms with van der Waals surface area (Å²) in [5, 5.41) is 23.9. The number of thiazole rings is 1. The zero-order valence-corrected chi connectivity index (χ0v) is 92.1. The molecule has 2 N–H and O–H groups in total. The number of aromatic nitrogens is 10. The molecule has 0 amide bonds. The third-order valence-corrected chi connectivity index (χ3v) is 29.6. The molecule has 0 atom stereocenters. The van der Waals surface area contributed by atoms with Crippen LogP contribution < -0.4 is 97.1 Å². The van der Waals surface area contributed by atoms with Crippen molar-refractivity contribution < 1.29 is 177 Å². The van der Waals surface area contributed by atoms with E-state index in [4.69, 9.17) is 58.3 Å². The summed E-state index contributed by atoms with van der Waals surface area (Å²) in [6, 6.07) is 84.0. The van der Waals surface area contributed by atoms with Gasteiger partial charge in [0.1, 0.15) is 82.4 Å². The van der Waals surface area contributed by atoms with Crippen LogP contribution in [0.1, 0.15) is 73.4 Å². The number of fused-ring (bicyclic) bond motifs is 24. The minimum absolute atomic E-state index is 0. The predicted molar refractivity (Wildman–Crippen MR) is 559 cm³/mol. The highest BCUT2D eigenvalue weighted by atomic mass is 127. The molecule has 0 aliphatic rings. The minimum atomic E-state index is -4.25. The first kappa shape index (κ1) is 107. The summed E-state index contributed by atoms with van der Waals surface area (Å²) >= 11 is 1.81. The summed E-state index contributed by atoms with van der Waals surface area (Å²) in [5.41, 5.74) is 23.0. The van der Waals surface area contributed by atoms with Gasteiger partial charge in [-0.15, -0.1) is 0 Å². The van der Waals surface area contributed by atoms with Crippen LogP contribution in [-0.4, -0.2) is 92.6 Å². The maximum atomic E-state index is 11.2. The van der Waals surface area contributed by atoms with E-state index in [-0.39, 0.29) is 89.3 Å². The Balaban J connectivity index is 0.000000126. The van der Waals surface area contributed by atoms with E-state index < -0.39 is 36.3 Å². The van der Waals surface area contributed by atoms with Crippen LogP contribution in [0.25, 0.3) is 197 Å². The molecule has 25 aromatic rings. The van der Waals surface area contributed by atoms with Gasteiger partial charge in [0.05, 0.1) is 84.9 Å². The lowest BCUT2D eigenvalue weighted by molar-refractivity contribution is -0.683. The molecular weight excluding hydrogens is 2240 g/mol. The molecule has 29 nitrogen and oxygen atoms in total. The second-order valence-electron chi connectivity index (χ2n) is 36.2. The number of rotatable bonds is 18. The first-order valence-corrected chi connectivity index (χ1v) is 53.2. The monoisotopic (exact) mass is 2350 g/mol. The molecule has 0 radical (unpaired) electrons. The number of benzene rings is 13. The molecule has 13 aromatic carbocycles. The first-order chi connectivity index (χ1) is 69.0. The van der Waals surface area contributed by atoms with E-state index in [1.807, 2.05) is 189 Å². The van der Waals surface area contributed by atoms with Gasteiger partial charge in [-0.05, 0) is 67.4 Å². The Hall–Kier alpha value is -13.2. The van der Waals surface area contributed by atoms with Crippen molar-refractivity contribution in [2.75, 3.05) is 24.4 Å². The maximum Gasteiger partial charge on any atom is 0.344 e. The number of ether oxygens (including phenoxy) is 1. The second-order valence-corrected chi connectivity index (χ2v) is 41.9. The lowest BCUT2D eigenvalue weighted by Gasteiger charge is -2.06. The molecule has 25 rings (SSSR count). The highest BCUT2D eigenvalue weighted by Crippen LogP contribution is 2.40. The zero-order chi connectivity index (χ0) is 101. The average Bonchev–Trinajstić information content (AvgIpc) is 1.57. The van der Waals surface area contributed by atoms with Crippen molar-refractivity contribution in [2.45, 2.75) is 113 Å². The summed E-state index contributed by atoms with van der Waals surface area (Å²) in [6.07, 6.45) is 3.02. The molecule has 12 heterocycles. The van der Waals surface area contributed by atoms with Crippen LogP contribution in [0.3, 0.4) is 0 Å². The standard InChI is InChI=1S/C26H27N3O4S.C18H18N2O4S.C18H15NO4.C17H16NO2.C16H15N2O.C15H12NOS.CH4O3S.BrH.2HI/c1-19-28(13-8-16-34(30,31)32)26-18-24-22(21-11-6-7-12-23(21)27(24)2)17-25(26)29(19)14-15-33-20-9-4-3-5-10-20;1-12-19(2)17-10-14-13-6-3-4-7-15(13)20(8-5-9-25(21,22)23)16(14)11-18(17)24-12;1-11-19(8-4-7-18(20)21)14-9-13-12-5-2-3-6-15(12)23-16(13)10-17(14)22-11;1-3-8-18-11(2)19-17-10-16-13(9-14(17)18)12-6-4-5-7-15(12)20-16;1-10-17(2)13-8-12-11-6-4-5-7-15(11)19-16(12)9-14(13)18(10)3;1-9-16(2)12-7-11-10-5-3-4-6-13(10)17-14(11)8-15(12)18-9;1-5(2,3)4;;;/h3-7,9-12,17-18H,8,13-16H2,1-2H3;3-4,6-7,10-11H,5,8-9H2,1-2H3;2-3,5-6,9-10H,4,7-8H2,1H3;4-7,9-10H,3,8H2,1-2H3;4-9H,1-3H3;3-8H,1-2H3;1H3,(H,2,3,4);3*1H/q;;;3*+1;;;;/p-2. The number of furan rings is 4. The average molecular weight is 2350 g/mol. The van der Waals surface area contributed by atoms with Crippen LogP contribution in [-0.2, 0) is 103 Å². The number of carboxylic acid groups (broad SMARTS) is 1. The topological polar surface area (TPSA) is 350 Å². The van der Waals surface area contributed by atoms with Gasteiger partial charge >= 0.3 is 23.6 Å². The molecule has 0 saturated carbocycles. The van der Waals surface area contributed by atoms with Crippen LogP contribution in [0.15, 0.2) is 280 Å². The van der Waals surface area contributed by atoms with E-state index in [0.29, 0.717) is 51.9 Å². The number of carboxylic acids is 1. The fourth-order valence-corrected chi connectivity index (χ4v) is 21.6. The van der Waals surface area contributed by atoms with Crippen molar-refractivity contribution in [1.29, 1.82) is 0 Å². The SMILES string of the molecule is CCC[n+]1c(C)oc2cc3oc4ccccc4c3cc21.CS(=O)(=O)[O-].Cc1n(C)c2cc3c(cc2[n+]1C)oc1ccccc13.Cc1n(CCOc2ccccc2)c2cc3c4ccccc4n(C)c3cc2[n+]1CCCS(=O)(=O)[O-].Cc1oc2cc3c(cc2[n+]1C)c1ccccc1n3CCCS(=O)(=O)O.Cc1oc2cc3oc4ccccc4c3cc2[n+]1CCCC(=O)O.Cc1sc2cc3oc4ccccc4c3cc2[n+]1C.[Br-].[I-].[I-]. The van der Waals surface area contributed by atoms with Gasteiger partial charge in [-0.3, -0.25) is 9.35 Å². The third kappa shape index (κ3) is 22.0. The number of hydrogen-bond donors (Lipinski definition) is 2. The Morgan fingerprint density at radius 3 is 1.37 bits per heavy atom. The number of oxazole rings is 3. The van der Waals surface area contributed by atoms with E-state index >= 15 is 0 Å². The normalized spacial score (nSPS) is 11.8. The molecule has 0 unspecified atom stereocenters. The van der Waals surface area contributed by atoms with Crippen molar-refractivity contribution >= 4 is 245 Å². The number of halogens is 3. The molecule has 0 bridgehead atoms. The minimum Gasteiger partial charge on any atom is -1.00 e. The van der Waals surface area contributed by atoms with Gasteiger partial charge in [0.2, 0.25) is 27.3 Å². The molecule has 147 heavy (non-hydrogen) atoms. The summed E-state index contributed by atoms with van der Waals surface area (Å²) in [5.74, 6) is 4.17. The van der Waals surface area contributed by atoms with Gasteiger partial charge in [-0.2, -0.15) is 26.7 Å². The summed E-state index contributed by atoms with van der Waals surface area (Å²) in [6.45, 7) is 18.0. The van der Waals surface area contributed by atoms with E-state index in [9.17, 15) is 26.2 Å². The van der Waals surface area contributed by atoms with Crippen LogP contribution >= 0.6 is 11.3 Å². The van der Waals surface area contributed by atoms with Crippen molar-refractivity contribution in [1.82, 2.24) is 18.3 Å². The van der Waals surface area contributed by atoms with Crippen LogP contribution in [0.2, 0.25) is 0 Å². The Labute approximate surface area is 893 Å². The predicted octanol–water partition coefficient (Wildman–Crippen LogP) is 12.3. The number of imidazole rings is 2. The molecule has 760 valence electrons. The quantitative estimate of drug-likeness (QED) is 0.0458. The molecule has 0 saturated heterocycles. The van der Waals surface area contributed by atoms with E-state index in [0.717, 1.165) is 186 Å².